The van der Waals surface area contributed by atoms with Gasteiger partial charge in [-0.3, -0.25) is 10.1 Å². The van der Waals surface area contributed by atoms with E-state index < -0.39 is 10.9 Å². The second-order valence-electron chi connectivity index (χ2n) is 3.03. The van der Waals surface area contributed by atoms with E-state index >= 15 is 0 Å². The third-order valence-corrected chi connectivity index (χ3v) is 2.41. The molecule has 0 radical (unpaired) electrons. The van der Waals surface area contributed by atoms with Gasteiger partial charge in [0.1, 0.15) is 0 Å². The van der Waals surface area contributed by atoms with Gasteiger partial charge in [-0.25, -0.2) is 4.79 Å². The molecule has 0 atom stereocenters. The molecule has 1 aromatic rings. The number of aliphatic hydroxyl groups is 1. The van der Waals surface area contributed by atoms with Crippen LogP contribution in [-0.4, -0.2) is 27.7 Å². The molecule has 16 heavy (non-hydrogen) atoms. The highest BCUT2D eigenvalue weighted by Gasteiger charge is 2.18. The summed E-state index contributed by atoms with van der Waals surface area (Å²) in [6.45, 7) is -0.244. The Balaban J connectivity index is 3.39. The number of non-ortho nitro benzene ring substituents is 1. The van der Waals surface area contributed by atoms with Gasteiger partial charge in [-0.2, -0.15) is 0 Å². The summed E-state index contributed by atoms with van der Waals surface area (Å²) < 4.78 is 0. The van der Waals surface area contributed by atoms with Gasteiger partial charge in [0.15, 0.2) is 0 Å². The average molecular weight is 243 g/mol. The Morgan fingerprint density at radius 3 is 2.56 bits per heavy atom. The number of aliphatic hydroxyl groups excluding tert-OH is 1. The van der Waals surface area contributed by atoms with Crippen LogP contribution in [0.4, 0.5) is 5.69 Å². The fraction of sp³-hybridized carbons (Fsp3) is 0.222. The molecule has 0 saturated heterocycles. The van der Waals surface area contributed by atoms with Crippen molar-refractivity contribution in [3.63, 3.8) is 0 Å². The number of nitro benzene ring substituents is 1. The van der Waals surface area contributed by atoms with Gasteiger partial charge < -0.3 is 10.2 Å². The summed E-state index contributed by atoms with van der Waals surface area (Å²) in [5.74, 6) is -1.28. The maximum atomic E-state index is 10.9. The number of carboxylic acids is 1. The Kier molecular flexibility index (Phi) is 3.86. The molecule has 1 rings (SSSR count). The molecule has 86 valence electrons. The van der Waals surface area contributed by atoms with Crippen LogP contribution in [0, 0.1) is 10.1 Å². The largest absolute Gasteiger partial charge is 0.478 e. The third-order valence-electron chi connectivity index (χ3n) is 2.01. The Hall–Kier alpha value is -1.60. The minimum atomic E-state index is -1.28. The zero-order valence-electron chi connectivity index (χ0n) is 8.08. The molecule has 0 aliphatic carbocycles. The molecule has 0 aliphatic heterocycles. The number of carboxylic acid groups (broad SMARTS) is 1. The maximum Gasteiger partial charge on any atom is 0.336 e. The quantitative estimate of drug-likeness (QED) is 0.418. The number of hydrogen-bond acceptors (Lipinski definition) is 5. The van der Waals surface area contributed by atoms with Crippen LogP contribution < -0.4 is 0 Å². The van der Waals surface area contributed by atoms with Crippen molar-refractivity contribution in [1.82, 2.24) is 0 Å². The first-order valence-electron chi connectivity index (χ1n) is 4.31. The second kappa shape index (κ2) is 4.95. The van der Waals surface area contributed by atoms with Gasteiger partial charge in [0.25, 0.3) is 5.69 Å². The van der Waals surface area contributed by atoms with Gasteiger partial charge in [-0.05, 0) is 12.0 Å². The first kappa shape index (κ1) is 12.5. The Labute approximate surface area is 96.1 Å². The van der Waals surface area contributed by atoms with E-state index in [2.05, 4.69) is 12.6 Å². The van der Waals surface area contributed by atoms with Gasteiger partial charge in [-0.15, -0.1) is 12.6 Å². The lowest BCUT2D eigenvalue weighted by Gasteiger charge is -2.07. The first-order valence-corrected chi connectivity index (χ1v) is 4.76. The number of benzene rings is 1. The summed E-state index contributed by atoms with van der Waals surface area (Å²) >= 11 is 3.98. The van der Waals surface area contributed by atoms with Gasteiger partial charge in [0.2, 0.25) is 0 Å². The highest BCUT2D eigenvalue weighted by Crippen LogP contribution is 2.26. The van der Waals surface area contributed by atoms with E-state index in [1.54, 1.807) is 0 Å². The number of hydrogen-bond donors (Lipinski definition) is 3. The molecule has 2 N–H and O–H groups in total. The summed E-state index contributed by atoms with van der Waals surface area (Å²) in [5.41, 5.74) is -0.235. The van der Waals surface area contributed by atoms with Crippen molar-refractivity contribution >= 4 is 24.3 Å². The molecule has 0 spiro atoms. The molecule has 0 saturated carbocycles. The van der Waals surface area contributed by atoms with Gasteiger partial charge in [0.05, 0.1) is 10.5 Å². The van der Waals surface area contributed by atoms with Gasteiger partial charge in [0, 0.05) is 23.6 Å². The van der Waals surface area contributed by atoms with E-state index in [9.17, 15) is 14.9 Å². The van der Waals surface area contributed by atoms with Crippen molar-refractivity contribution in [1.29, 1.82) is 0 Å². The van der Waals surface area contributed by atoms with Crippen LogP contribution in [0.15, 0.2) is 17.0 Å². The van der Waals surface area contributed by atoms with Crippen LogP contribution >= 0.6 is 12.6 Å². The normalized spacial score (nSPS) is 10.1. The topological polar surface area (TPSA) is 101 Å². The lowest BCUT2D eigenvalue weighted by Crippen LogP contribution is -2.06. The van der Waals surface area contributed by atoms with E-state index in [0.29, 0.717) is 5.56 Å². The van der Waals surface area contributed by atoms with Crippen LogP contribution in [-0.2, 0) is 6.42 Å². The summed E-state index contributed by atoms with van der Waals surface area (Å²) in [6.07, 6.45) is 0.0957. The second-order valence-corrected chi connectivity index (χ2v) is 3.51. The minimum Gasteiger partial charge on any atom is -0.478 e. The smallest absolute Gasteiger partial charge is 0.336 e. The summed E-state index contributed by atoms with van der Waals surface area (Å²) in [7, 11) is 0. The molecule has 0 aromatic heterocycles. The summed E-state index contributed by atoms with van der Waals surface area (Å²) in [4.78, 5) is 20.9. The summed E-state index contributed by atoms with van der Waals surface area (Å²) in [5, 5.41) is 28.2. The van der Waals surface area contributed by atoms with E-state index in [4.69, 9.17) is 10.2 Å². The fourth-order valence-corrected chi connectivity index (χ4v) is 1.68. The predicted molar refractivity (Wildman–Crippen MR) is 58.1 cm³/mol. The number of thiol groups is 1. The Morgan fingerprint density at radius 2 is 2.12 bits per heavy atom. The first-order chi connectivity index (χ1) is 7.47. The standard InChI is InChI=1S/C9H9NO5S/c11-2-1-6-7(9(12)13)3-5(10(14)15)4-8(6)16/h3-4,11,16H,1-2H2,(H,12,13). The average Bonchev–Trinajstić information content (AvgIpc) is 2.20. The van der Waals surface area contributed by atoms with Crippen LogP contribution in [0.1, 0.15) is 15.9 Å². The van der Waals surface area contributed by atoms with Crippen molar-refractivity contribution in [3.05, 3.63) is 33.4 Å². The van der Waals surface area contributed by atoms with E-state index in [1.807, 2.05) is 0 Å². The van der Waals surface area contributed by atoms with Crippen molar-refractivity contribution in [2.45, 2.75) is 11.3 Å². The number of nitro groups is 1. The molecule has 0 heterocycles. The maximum absolute atomic E-state index is 10.9. The Morgan fingerprint density at radius 1 is 1.50 bits per heavy atom. The van der Waals surface area contributed by atoms with Gasteiger partial charge >= 0.3 is 5.97 Å². The lowest BCUT2D eigenvalue weighted by atomic mass is 10.0. The highest BCUT2D eigenvalue weighted by atomic mass is 32.1. The number of aromatic carboxylic acids is 1. The SMILES string of the molecule is O=C(O)c1cc([N+](=O)[O-])cc(S)c1CCO. The molecule has 0 bridgehead atoms. The molecular weight excluding hydrogens is 234 g/mol. The number of carbonyl (C=O) groups is 1. The van der Waals surface area contributed by atoms with Crippen LogP contribution in [0.5, 0.6) is 0 Å². The van der Waals surface area contributed by atoms with E-state index in [-0.39, 0.29) is 29.2 Å². The molecule has 0 aliphatic rings. The van der Waals surface area contributed by atoms with Crippen molar-refractivity contribution in [2.24, 2.45) is 0 Å². The molecule has 1 aromatic carbocycles. The number of nitrogens with zero attached hydrogens (tertiary/aromatic N) is 1. The summed E-state index contributed by atoms with van der Waals surface area (Å²) in [6, 6.07) is 2.13. The highest BCUT2D eigenvalue weighted by molar-refractivity contribution is 7.80. The molecular formula is C9H9NO5S. The van der Waals surface area contributed by atoms with E-state index in [0.717, 1.165) is 6.07 Å². The molecule has 0 unspecified atom stereocenters. The van der Waals surface area contributed by atoms with Crippen LogP contribution in [0.3, 0.4) is 0 Å². The van der Waals surface area contributed by atoms with Crippen LogP contribution in [0.25, 0.3) is 0 Å². The number of rotatable bonds is 4. The third kappa shape index (κ3) is 2.50. The molecule has 0 amide bonds. The minimum absolute atomic E-state index is 0.0957. The van der Waals surface area contributed by atoms with Crippen molar-refractivity contribution in [2.75, 3.05) is 6.61 Å². The Bertz CT molecular complexity index is 446. The van der Waals surface area contributed by atoms with E-state index in [1.165, 1.54) is 6.07 Å². The van der Waals surface area contributed by atoms with Gasteiger partial charge in [-0.1, -0.05) is 0 Å². The zero-order valence-corrected chi connectivity index (χ0v) is 8.98. The lowest BCUT2D eigenvalue weighted by molar-refractivity contribution is -0.385. The molecule has 7 heteroatoms. The van der Waals surface area contributed by atoms with Crippen LogP contribution in [0.2, 0.25) is 0 Å². The molecule has 0 fully saturated rings. The fourth-order valence-electron chi connectivity index (χ4n) is 1.31. The monoisotopic (exact) mass is 243 g/mol. The van der Waals surface area contributed by atoms with Crippen molar-refractivity contribution < 1.29 is 19.9 Å². The molecule has 6 nitrogen and oxygen atoms in total. The zero-order chi connectivity index (χ0) is 12.3. The predicted octanol–water partition coefficient (Wildman–Crippen LogP) is 1.12. The van der Waals surface area contributed by atoms with Crippen molar-refractivity contribution in [3.8, 4) is 0 Å².